The summed E-state index contributed by atoms with van der Waals surface area (Å²) in [5, 5.41) is 0. The highest BCUT2D eigenvalue weighted by atomic mass is 19.1. The number of hydrogen-bond acceptors (Lipinski definition) is 2. The third kappa shape index (κ3) is 2.83. The van der Waals surface area contributed by atoms with Gasteiger partial charge >= 0.3 is 0 Å². The highest BCUT2D eigenvalue weighted by Gasteiger charge is 2.42. The number of aryl methyl sites for hydroxylation is 1. The summed E-state index contributed by atoms with van der Waals surface area (Å²) in [6.45, 7) is 4.05. The van der Waals surface area contributed by atoms with Crippen LogP contribution in [0.4, 0.5) is 4.39 Å². The Kier molecular flexibility index (Phi) is 3.69. The molecule has 19 heavy (non-hydrogen) atoms. The topological polar surface area (TPSA) is 37.4 Å². The van der Waals surface area contributed by atoms with Gasteiger partial charge in [0.1, 0.15) is 5.82 Å². The molecule has 102 valence electrons. The average molecular weight is 263 g/mol. The van der Waals surface area contributed by atoms with Crippen LogP contribution < -0.4 is 0 Å². The van der Waals surface area contributed by atoms with Gasteiger partial charge in [0.2, 0.25) is 5.91 Å². The van der Waals surface area contributed by atoms with Gasteiger partial charge in [-0.25, -0.2) is 4.39 Å². The molecule has 1 fully saturated rings. The Labute approximate surface area is 112 Å². The van der Waals surface area contributed by atoms with Crippen LogP contribution in [-0.2, 0) is 16.0 Å². The number of amides is 1. The van der Waals surface area contributed by atoms with E-state index in [-0.39, 0.29) is 17.5 Å². The fourth-order valence-corrected chi connectivity index (χ4v) is 2.46. The molecule has 1 aromatic carbocycles. The third-order valence-electron chi connectivity index (χ3n) is 3.74. The molecule has 0 unspecified atom stereocenters. The van der Waals surface area contributed by atoms with E-state index < -0.39 is 5.54 Å². The minimum Gasteiger partial charge on any atom is -0.330 e. The van der Waals surface area contributed by atoms with Gasteiger partial charge in [-0.3, -0.25) is 9.59 Å². The van der Waals surface area contributed by atoms with E-state index in [9.17, 15) is 14.0 Å². The maximum absolute atomic E-state index is 13.0. The largest absolute Gasteiger partial charge is 0.330 e. The van der Waals surface area contributed by atoms with Crippen LogP contribution in [-0.4, -0.2) is 28.7 Å². The van der Waals surface area contributed by atoms with Crippen LogP contribution in [0.3, 0.4) is 0 Å². The molecule has 1 amide bonds. The Morgan fingerprint density at radius 3 is 2.74 bits per heavy atom. The second-order valence-corrected chi connectivity index (χ2v) is 5.41. The molecule has 0 aliphatic carbocycles. The van der Waals surface area contributed by atoms with E-state index >= 15 is 0 Å². The summed E-state index contributed by atoms with van der Waals surface area (Å²) in [6.07, 6.45) is 1.23. The number of nitrogens with zero attached hydrogens (tertiary/aromatic N) is 1. The number of benzene rings is 1. The van der Waals surface area contributed by atoms with Crippen molar-refractivity contribution in [3.8, 4) is 0 Å². The first-order valence-corrected chi connectivity index (χ1v) is 6.49. The lowest BCUT2D eigenvalue weighted by Crippen LogP contribution is -2.46. The highest BCUT2D eigenvalue weighted by molar-refractivity contribution is 5.95. The predicted molar refractivity (Wildman–Crippen MR) is 70.1 cm³/mol. The molecule has 0 radical (unpaired) electrons. The van der Waals surface area contributed by atoms with E-state index in [1.165, 1.54) is 12.1 Å². The summed E-state index contributed by atoms with van der Waals surface area (Å²) in [4.78, 5) is 25.5. The Morgan fingerprint density at radius 1 is 1.42 bits per heavy atom. The van der Waals surface area contributed by atoms with Gasteiger partial charge < -0.3 is 4.90 Å². The molecule has 1 aliphatic heterocycles. The van der Waals surface area contributed by atoms with Crippen LogP contribution in [0.15, 0.2) is 24.3 Å². The van der Waals surface area contributed by atoms with Gasteiger partial charge in [-0.05, 0) is 38.0 Å². The minimum atomic E-state index is -0.695. The monoisotopic (exact) mass is 263 g/mol. The predicted octanol–water partition coefficient (Wildman–Crippen LogP) is 2.34. The number of hydrogen-bond donors (Lipinski definition) is 0. The van der Waals surface area contributed by atoms with Crippen molar-refractivity contribution in [2.75, 3.05) is 6.54 Å². The van der Waals surface area contributed by atoms with Crippen LogP contribution in [0, 0.1) is 5.82 Å². The zero-order valence-corrected chi connectivity index (χ0v) is 11.3. The number of rotatable bonds is 3. The van der Waals surface area contributed by atoms with Gasteiger partial charge in [-0.2, -0.15) is 0 Å². The van der Waals surface area contributed by atoms with Crippen molar-refractivity contribution in [1.82, 2.24) is 4.90 Å². The van der Waals surface area contributed by atoms with Crippen molar-refractivity contribution >= 4 is 11.7 Å². The molecule has 1 saturated heterocycles. The maximum atomic E-state index is 13.0. The fraction of sp³-hybridized carbons (Fsp3) is 0.467. The van der Waals surface area contributed by atoms with E-state index in [2.05, 4.69) is 0 Å². The van der Waals surface area contributed by atoms with Gasteiger partial charge in [0, 0.05) is 19.4 Å². The molecule has 0 spiro atoms. The molecule has 3 nitrogen and oxygen atoms in total. The summed E-state index contributed by atoms with van der Waals surface area (Å²) >= 11 is 0. The van der Waals surface area contributed by atoms with Crippen molar-refractivity contribution in [2.24, 2.45) is 0 Å². The molecule has 0 bridgehead atoms. The zero-order valence-electron chi connectivity index (χ0n) is 11.3. The van der Waals surface area contributed by atoms with Crippen molar-refractivity contribution in [3.05, 3.63) is 35.6 Å². The minimum absolute atomic E-state index is 0.0416. The Balaban J connectivity index is 1.97. The molecule has 0 atom stereocenters. The Hall–Kier alpha value is -1.71. The van der Waals surface area contributed by atoms with Crippen molar-refractivity contribution < 1.29 is 14.0 Å². The van der Waals surface area contributed by atoms with Crippen LogP contribution in [0.1, 0.15) is 32.3 Å². The lowest BCUT2D eigenvalue weighted by atomic mass is 10.00. The van der Waals surface area contributed by atoms with E-state index in [4.69, 9.17) is 0 Å². The number of ketones is 1. The first-order valence-electron chi connectivity index (χ1n) is 6.49. The van der Waals surface area contributed by atoms with Crippen molar-refractivity contribution in [1.29, 1.82) is 0 Å². The first kappa shape index (κ1) is 13.7. The van der Waals surface area contributed by atoms with Crippen molar-refractivity contribution in [3.63, 3.8) is 0 Å². The number of likely N-dealkylation sites (tertiary alicyclic amines) is 1. The summed E-state index contributed by atoms with van der Waals surface area (Å²) in [6, 6.07) is 6.26. The van der Waals surface area contributed by atoms with E-state index in [1.807, 2.05) is 0 Å². The lowest BCUT2D eigenvalue weighted by Gasteiger charge is -2.30. The molecule has 1 heterocycles. The first-order chi connectivity index (χ1) is 8.91. The van der Waals surface area contributed by atoms with Gasteiger partial charge in [-0.15, -0.1) is 0 Å². The average Bonchev–Trinajstić information content (AvgIpc) is 2.61. The van der Waals surface area contributed by atoms with Crippen LogP contribution in [0.5, 0.6) is 0 Å². The van der Waals surface area contributed by atoms with Crippen LogP contribution in [0.25, 0.3) is 0 Å². The highest BCUT2D eigenvalue weighted by Crippen LogP contribution is 2.26. The molecule has 0 N–H and O–H groups in total. The molecule has 2 rings (SSSR count). The summed E-state index contributed by atoms with van der Waals surface area (Å²) < 4.78 is 13.0. The third-order valence-corrected chi connectivity index (χ3v) is 3.74. The van der Waals surface area contributed by atoms with E-state index in [0.717, 1.165) is 5.56 Å². The van der Waals surface area contributed by atoms with Gasteiger partial charge in [-0.1, -0.05) is 12.1 Å². The molecular weight excluding hydrogens is 245 g/mol. The SMILES string of the molecule is CC1(C)C(=O)CCN1C(=O)CCc1cccc(F)c1. The summed E-state index contributed by atoms with van der Waals surface area (Å²) in [5.74, 6) is -0.228. The molecule has 0 saturated carbocycles. The standard InChI is InChI=1S/C15H18FNO2/c1-15(2)13(18)8-9-17(15)14(19)7-6-11-4-3-5-12(16)10-11/h3-5,10H,6-9H2,1-2H3. The van der Waals surface area contributed by atoms with E-state index in [1.54, 1.807) is 30.9 Å². The number of halogens is 1. The second kappa shape index (κ2) is 5.11. The summed E-state index contributed by atoms with van der Waals surface area (Å²) in [5.41, 5.74) is 0.107. The van der Waals surface area contributed by atoms with Gasteiger partial charge in [0.15, 0.2) is 5.78 Å². The lowest BCUT2D eigenvalue weighted by molar-refractivity contribution is -0.138. The quantitative estimate of drug-likeness (QED) is 0.839. The second-order valence-electron chi connectivity index (χ2n) is 5.41. The summed E-state index contributed by atoms with van der Waals surface area (Å²) in [7, 11) is 0. The number of carbonyl (C=O) groups is 2. The molecule has 0 aromatic heterocycles. The van der Waals surface area contributed by atoms with E-state index in [0.29, 0.717) is 25.8 Å². The Morgan fingerprint density at radius 2 is 2.16 bits per heavy atom. The molecular formula is C15H18FNO2. The maximum Gasteiger partial charge on any atom is 0.223 e. The zero-order chi connectivity index (χ0) is 14.0. The van der Waals surface area contributed by atoms with Crippen LogP contribution in [0.2, 0.25) is 0 Å². The Bertz CT molecular complexity index is 511. The normalized spacial score (nSPS) is 17.8. The number of carbonyl (C=O) groups excluding carboxylic acids is 2. The molecule has 4 heteroatoms. The van der Waals surface area contributed by atoms with Gasteiger partial charge in [0.05, 0.1) is 5.54 Å². The van der Waals surface area contributed by atoms with Crippen LogP contribution >= 0.6 is 0 Å². The number of Topliss-reactive ketones (excluding diaryl/α,β-unsaturated/α-hetero) is 1. The van der Waals surface area contributed by atoms with Gasteiger partial charge in [0.25, 0.3) is 0 Å². The smallest absolute Gasteiger partial charge is 0.223 e. The van der Waals surface area contributed by atoms with Crippen molar-refractivity contribution in [2.45, 2.75) is 38.6 Å². The fourth-order valence-electron chi connectivity index (χ4n) is 2.46. The molecule has 1 aliphatic rings. The molecule has 1 aromatic rings.